The number of fused-ring (bicyclic) bond motifs is 1. The fourth-order valence-corrected chi connectivity index (χ4v) is 3.94. The van der Waals surface area contributed by atoms with Crippen LogP contribution in [0.15, 0.2) is 16.5 Å². The molecule has 1 saturated heterocycles. The first kappa shape index (κ1) is 17.3. The summed E-state index contributed by atoms with van der Waals surface area (Å²) in [6.45, 7) is 5.61. The number of aliphatic hydroxyl groups excluding tert-OH is 1. The maximum absolute atomic E-state index is 12.9. The number of carbonyl (C=O) groups is 1. The monoisotopic (exact) mass is 349 g/mol. The number of nitrogens with zero attached hydrogens (tertiary/aromatic N) is 1. The molecule has 0 spiro atoms. The summed E-state index contributed by atoms with van der Waals surface area (Å²) in [6, 6.07) is 3.87. The van der Waals surface area contributed by atoms with Crippen molar-refractivity contribution in [2.24, 2.45) is 5.92 Å². The average Bonchev–Trinajstić information content (AvgIpc) is 2.90. The molecular formula is C19H24ClNO3. The van der Waals surface area contributed by atoms with Gasteiger partial charge in [0.05, 0.1) is 5.02 Å². The van der Waals surface area contributed by atoms with Crippen molar-refractivity contribution in [1.29, 1.82) is 0 Å². The van der Waals surface area contributed by atoms with Gasteiger partial charge >= 0.3 is 0 Å². The molecule has 1 fully saturated rings. The van der Waals surface area contributed by atoms with E-state index in [0.717, 1.165) is 55.3 Å². The molecule has 1 aromatic heterocycles. The minimum atomic E-state index is -0.0499. The molecule has 1 aliphatic heterocycles. The van der Waals surface area contributed by atoms with Crippen LogP contribution >= 0.6 is 11.6 Å². The zero-order valence-electron chi connectivity index (χ0n) is 14.3. The molecule has 3 rings (SSSR count). The van der Waals surface area contributed by atoms with Gasteiger partial charge in [0.15, 0.2) is 11.3 Å². The van der Waals surface area contributed by atoms with Gasteiger partial charge in [0.1, 0.15) is 0 Å². The minimum Gasteiger partial charge on any atom is -0.449 e. The van der Waals surface area contributed by atoms with E-state index in [9.17, 15) is 4.79 Å². The first-order valence-corrected chi connectivity index (χ1v) is 8.98. The van der Waals surface area contributed by atoms with Gasteiger partial charge < -0.3 is 14.4 Å². The molecule has 130 valence electrons. The van der Waals surface area contributed by atoms with Crippen LogP contribution in [0.4, 0.5) is 0 Å². The Bertz CT molecular complexity index is 753. The number of amides is 1. The van der Waals surface area contributed by atoms with Crippen molar-refractivity contribution < 1.29 is 14.3 Å². The summed E-state index contributed by atoms with van der Waals surface area (Å²) < 4.78 is 5.85. The number of likely N-dealkylation sites (tertiary alicyclic amines) is 1. The van der Waals surface area contributed by atoms with E-state index in [2.05, 4.69) is 0 Å². The fraction of sp³-hybridized carbons (Fsp3) is 0.526. The van der Waals surface area contributed by atoms with E-state index in [-0.39, 0.29) is 12.5 Å². The Morgan fingerprint density at radius 2 is 2.21 bits per heavy atom. The summed E-state index contributed by atoms with van der Waals surface area (Å²) in [4.78, 5) is 14.8. The van der Waals surface area contributed by atoms with Gasteiger partial charge in [0, 0.05) is 30.6 Å². The Morgan fingerprint density at radius 3 is 2.96 bits per heavy atom. The van der Waals surface area contributed by atoms with E-state index in [1.165, 1.54) is 0 Å². The molecule has 2 heterocycles. The predicted molar refractivity (Wildman–Crippen MR) is 95.6 cm³/mol. The minimum absolute atomic E-state index is 0.0499. The molecule has 2 aromatic rings. The fourth-order valence-electron chi connectivity index (χ4n) is 3.62. The molecule has 5 heteroatoms. The number of furan rings is 1. The SMILES string of the molecule is Cc1cc(Cl)c2oc(C(=O)N3CCC[C@H](CCCO)C3)c(C)c2c1. The highest BCUT2D eigenvalue weighted by atomic mass is 35.5. The van der Waals surface area contributed by atoms with Gasteiger partial charge in [0.25, 0.3) is 5.91 Å². The van der Waals surface area contributed by atoms with E-state index in [1.807, 2.05) is 30.9 Å². The standard InChI is InChI=1S/C19H24ClNO3/c1-12-9-15-13(2)17(24-18(15)16(20)10-12)19(23)21-7-3-5-14(11-21)6-4-8-22/h9-10,14,22H,3-8,11H2,1-2H3/t14-/m1/s1. The van der Waals surface area contributed by atoms with Crippen LogP contribution in [0.5, 0.6) is 0 Å². The Kier molecular flexibility index (Phi) is 5.16. The molecule has 1 aliphatic rings. The molecule has 4 nitrogen and oxygen atoms in total. The zero-order chi connectivity index (χ0) is 17.3. The van der Waals surface area contributed by atoms with E-state index in [1.54, 1.807) is 0 Å². The number of piperidine rings is 1. The third-order valence-electron chi connectivity index (χ3n) is 4.91. The number of hydrogen-bond acceptors (Lipinski definition) is 3. The lowest BCUT2D eigenvalue weighted by Crippen LogP contribution is -2.40. The lowest BCUT2D eigenvalue weighted by Gasteiger charge is -2.32. The number of rotatable bonds is 4. The van der Waals surface area contributed by atoms with Gasteiger partial charge in [0.2, 0.25) is 0 Å². The first-order chi connectivity index (χ1) is 11.5. The second-order valence-corrected chi connectivity index (χ2v) is 7.21. The van der Waals surface area contributed by atoms with Crippen LogP contribution in [-0.4, -0.2) is 35.6 Å². The molecule has 0 saturated carbocycles. The number of carbonyl (C=O) groups excluding carboxylic acids is 1. The van der Waals surface area contributed by atoms with Gasteiger partial charge in [-0.15, -0.1) is 0 Å². The second kappa shape index (κ2) is 7.16. The largest absolute Gasteiger partial charge is 0.449 e. The second-order valence-electron chi connectivity index (χ2n) is 6.80. The van der Waals surface area contributed by atoms with Crippen LogP contribution in [0, 0.1) is 19.8 Å². The van der Waals surface area contributed by atoms with E-state index in [4.69, 9.17) is 21.1 Å². The van der Waals surface area contributed by atoms with Gasteiger partial charge in [-0.25, -0.2) is 0 Å². The summed E-state index contributed by atoms with van der Waals surface area (Å²) >= 11 is 6.28. The third kappa shape index (κ3) is 3.31. The van der Waals surface area contributed by atoms with Crippen molar-refractivity contribution in [3.63, 3.8) is 0 Å². The topological polar surface area (TPSA) is 53.7 Å². The van der Waals surface area contributed by atoms with Crippen molar-refractivity contribution >= 4 is 28.5 Å². The van der Waals surface area contributed by atoms with Gasteiger partial charge in [-0.3, -0.25) is 4.79 Å². The van der Waals surface area contributed by atoms with Crippen molar-refractivity contribution in [2.75, 3.05) is 19.7 Å². The third-order valence-corrected chi connectivity index (χ3v) is 5.19. The highest BCUT2D eigenvalue weighted by Gasteiger charge is 2.28. The Hall–Kier alpha value is -1.52. The number of benzene rings is 1. The molecule has 0 unspecified atom stereocenters. The van der Waals surface area contributed by atoms with Crippen molar-refractivity contribution in [3.8, 4) is 0 Å². The van der Waals surface area contributed by atoms with E-state index >= 15 is 0 Å². The lowest BCUT2D eigenvalue weighted by molar-refractivity contribution is 0.0633. The summed E-state index contributed by atoms with van der Waals surface area (Å²) in [6.07, 6.45) is 3.88. The molecule has 24 heavy (non-hydrogen) atoms. The van der Waals surface area contributed by atoms with Crippen molar-refractivity contribution in [3.05, 3.63) is 34.0 Å². The van der Waals surface area contributed by atoms with Gasteiger partial charge in [-0.2, -0.15) is 0 Å². The molecule has 1 aromatic carbocycles. The van der Waals surface area contributed by atoms with Crippen LogP contribution in [0.2, 0.25) is 5.02 Å². The molecule has 1 atom stereocenters. The Balaban J connectivity index is 1.86. The number of halogens is 1. The Morgan fingerprint density at radius 1 is 1.42 bits per heavy atom. The van der Waals surface area contributed by atoms with E-state index < -0.39 is 0 Å². The molecule has 0 bridgehead atoms. The highest BCUT2D eigenvalue weighted by molar-refractivity contribution is 6.35. The molecule has 0 radical (unpaired) electrons. The van der Waals surface area contributed by atoms with E-state index in [0.29, 0.717) is 22.3 Å². The lowest BCUT2D eigenvalue weighted by atomic mass is 9.93. The van der Waals surface area contributed by atoms with Gasteiger partial charge in [-0.1, -0.05) is 11.6 Å². The van der Waals surface area contributed by atoms with Gasteiger partial charge in [-0.05, 0) is 63.1 Å². The molecule has 1 N–H and O–H groups in total. The summed E-state index contributed by atoms with van der Waals surface area (Å²) in [7, 11) is 0. The highest BCUT2D eigenvalue weighted by Crippen LogP contribution is 2.33. The average molecular weight is 350 g/mol. The van der Waals surface area contributed by atoms with Crippen molar-refractivity contribution in [1.82, 2.24) is 4.90 Å². The van der Waals surface area contributed by atoms with Crippen LogP contribution in [0.25, 0.3) is 11.0 Å². The molecule has 1 amide bonds. The maximum atomic E-state index is 12.9. The first-order valence-electron chi connectivity index (χ1n) is 8.60. The van der Waals surface area contributed by atoms with Crippen LogP contribution in [0.3, 0.4) is 0 Å². The number of hydrogen-bond donors (Lipinski definition) is 1. The summed E-state index contributed by atoms with van der Waals surface area (Å²) in [5.41, 5.74) is 2.51. The number of aliphatic hydroxyl groups is 1. The molecule has 0 aliphatic carbocycles. The van der Waals surface area contributed by atoms with Crippen LogP contribution in [-0.2, 0) is 0 Å². The van der Waals surface area contributed by atoms with Crippen LogP contribution < -0.4 is 0 Å². The quantitative estimate of drug-likeness (QED) is 0.893. The Labute approximate surface area is 147 Å². The van der Waals surface area contributed by atoms with Crippen LogP contribution in [0.1, 0.15) is 47.4 Å². The zero-order valence-corrected chi connectivity index (χ0v) is 15.0. The van der Waals surface area contributed by atoms with Crippen molar-refractivity contribution in [2.45, 2.75) is 39.5 Å². The normalized spacial score (nSPS) is 18.3. The smallest absolute Gasteiger partial charge is 0.289 e. The molecular weight excluding hydrogens is 326 g/mol. The maximum Gasteiger partial charge on any atom is 0.289 e. The predicted octanol–water partition coefficient (Wildman–Crippen LogP) is 4.33. The number of aryl methyl sites for hydroxylation is 2. The summed E-state index contributed by atoms with van der Waals surface area (Å²) in [5, 5.41) is 10.5. The summed E-state index contributed by atoms with van der Waals surface area (Å²) in [5.74, 6) is 0.816.